The monoisotopic (exact) mass is 543 g/mol. The average Bonchev–Trinajstić information content (AvgIpc) is 3.30. The maximum absolute atomic E-state index is 14.3. The SMILES string of the molecule is C[C@@H](NC(=O)[C@H]1CCCN1C(=O)[C@H]1CCCN(S(=O)(=O)N2CC(C#N)C2)C1)c1cc(F)c(Cl)cc1F. The summed E-state index contributed by atoms with van der Waals surface area (Å²) in [6, 6.07) is 2.20. The van der Waals surface area contributed by atoms with Crippen LogP contribution in [0.5, 0.6) is 0 Å². The number of hydrogen-bond donors (Lipinski definition) is 1. The summed E-state index contributed by atoms with van der Waals surface area (Å²) in [6.07, 6.45) is 2.02. The van der Waals surface area contributed by atoms with Crippen LogP contribution in [0.15, 0.2) is 12.1 Å². The normalized spacial score (nSPS) is 24.7. The molecule has 9 nitrogen and oxygen atoms in total. The number of benzene rings is 1. The molecule has 196 valence electrons. The van der Waals surface area contributed by atoms with Crippen LogP contribution in [0, 0.1) is 34.8 Å². The molecule has 3 aliphatic rings. The molecule has 0 aromatic heterocycles. The highest BCUT2D eigenvalue weighted by molar-refractivity contribution is 7.86. The minimum Gasteiger partial charge on any atom is -0.348 e. The number of carbonyl (C=O) groups is 2. The van der Waals surface area contributed by atoms with Crippen LogP contribution in [0.2, 0.25) is 5.02 Å². The molecular formula is C23H28ClF2N5O4S. The van der Waals surface area contributed by atoms with Crippen molar-refractivity contribution < 1.29 is 26.8 Å². The number of rotatable bonds is 6. The van der Waals surface area contributed by atoms with Gasteiger partial charge >= 0.3 is 0 Å². The van der Waals surface area contributed by atoms with Crippen molar-refractivity contribution in [2.24, 2.45) is 11.8 Å². The first-order valence-corrected chi connectivity index (χ1v) is 13.7. The maximum Gasteiger partial charge on any atom is 0.282 e. The highest BCUT2D eigenvalue weighted by Gasteiger charge is 2.44. The molecule has 1 N–H and O–H groups in total. The zero-order valence-corrected chi connectivity index (χ0v) is 21.4. The van der Waals surface area contributed by atoms with E-state index in [0.717, 1.165) is 12.1 Å². The number of hydrogen-bond acceptors (Lipinski definition) is 5. The number of halogens is 3. The van der Waals surface area contributed by atoms with E-state index >= 15 is 0 Å². The van der Waals surface area contributed by atoms with Gasteiger partial charge in [-0.2, -0.15) is 22.3 Å². The summed E-state index contributed by atoms with van der Waals surface area (Å²) >= 11 is 5.60. The van der Waals surface area contributed by atoms with Crippen molar-refractivity contribution in [1.29, 1.82) is 5.26 Å². The van der Waals surface area contributed by atoms with E-state index in [4.69, 9.17) is 16.9 Å². The Morgan fingerprint density at radius 1 is 1.11 bits per heavy atom. The molecule has 0 bridgehead atoms. The molecule has 0 spiro atoms. The van der Waals surface area contributed by atoms with Crippen molar-refractivity contribution in [3.63, 3.8) is 0 Å². The van der Waals surface area contributed by atoms with E-state index < -0.39 is 45.8 Å². The third-order valence-corrected chi connectivity index (χ3v) is 9.34. The molecule has 3 atom stereocenters. The summed E-state index contributed by atoms with van der Waals surface area (Å²) in [5.41, 5.74) is -0.0566. The van der Waals surface area contributed by atoms with Gasteiger partial charge < -0.3 is 10.2 Å². The van der Waals surface area contributed by atoms with Crippen LogP contribution in [0.4, 0.5) is 8.78 Å². The van der Waals surface area contributed by atoms with Gasteiger partial charge in [-0.1, -0.05) is 11.6 Å². The lowest BCUT2D eigenvalue weighted by molar-refractivity contribution is -0.142. The second-order valence-corrected chi connectivity index (χ2v) is 11.9. The molecule has 0 aliphatic carbocycles. The lowest BCUT2D eigenvalue weighted by atomic mass is 9.97. The van der Waals surface area contributed by atoms with Crippen molar-refractivity contribution in [3.8, 4) is 6.07 Å². The molecule has 0 saturated carbocycles. The van der Waals surface area contributed by atoms with E-state index in [0.29, 0.717) is 38.8 Å². The van der Waals surface area contributed by atoms with Crippen LogP contribution in [0.3, 0.4) is 0 Å². The van der Waals surface area contributed by atoms with Gasteiger partial charge in [0.1, 0.15) is 17.7 Å². The fraction of sp³-hybridized carbons (Fsp3) is 0.609. The smallest absolute Gasteiger partial charge is 0.282 e. The first-order chi connectivity index (χ1) is 17.0. The van der Waals surface area contributed by atoms with Crippen molar-refractivity contribution >= 4 is 33.6 Å². The summed E-state index contributed by atoms with van der Waals surface area (Å²) in [7, 11) is -3.76. The molecule has 36 heavy (non-hydrogen) atoms. The number of nitriles is 1. The average molecular weight is 544 g/mol. The Morgan fingerprint density at radius 3 is 2.50 bits per heavy atom. The van der Waals surface area contributed by atoms with Crippen molar-refractivity contribution in [2.45, 2.75) is 44.7 Å². The molecule has 13 heteroatoms. The van der Waals surface area contributed by atoms with Crippen LogP contribution in [-0.4, -0.2) is 72.5 Å². The predicted molar refractivity (Wildman–Crippen MR) is 127 cm³/mol. The fourth-order valence-electron chi connectivity index (χ4n) is 5.02. The number of amides is 2. The molecule has 0 radical (unpaired) electrons. The van der Waals surface area contributed by atoms with E-state index in [1.165, 1.54) is 20.4 Å². The zero-order chi connectivity index (χ0) is 26.2. The third-order valence-electron chi connectivity index (χ3n) is 7.12. The van der Waals surface area contributed by atoms with Gasteiger partial charge in [-0.05, 0) is 44.7 Å². The van der Waals surface area contributed by atoms with Crippen molar-refractivity contribution in [1.82, 2.24) is 18.8 Å². The Hall–Kier alpha value is -2.33. The molecule has 3 heterocycles. The van der Waals surface area contributed by atoms with Gasteiger partial charge in [0, 0.05) is 38.3 Å². The van der Waals surface area contributed by atoms with E-state index in [2.05, 4.69) is 5.32 Å². The van der Waals surface area contributed by atoms with Gasteiger partial charge in [-0.25, -0.2) is 8.78 Å². The lowest BCUT2D eigenvalue weighted by Gasteiger charge is -2.41. The van der Waals surface area contributed by atoms with Crippen LogP contribution >= 0.6 is 11.6 Å². The fourth-order valence-corrected chi connectivity index (χ4v) is 6.96. The Morgan fingerprint density at radius 2 is 1.81 bits per heavy atom. The molecule has 3 fully saturated rings. The second-order valence-electron chi connectivity index (χ2n) is 9.56. The first-order valence-electron chi connectivity index (χ1n) is 11.9. The number of nitrogens with one attached hydrogen (secondary N) is 1. The van der Waals surface area contributed by atoms with Gasteiger partial charge in [0.25, 0.3) is 10.2 Å². The second kappa shape index (κ2) is 10.6. The Bertz CT molecular complexity index is 1190. The topological polar surface area (TPSA) is 114 Å². The molecule has 0 unspecified atom stereocenters. The minimum atomic E-state index is -3.76. The van der Waals surface area contributed by atoms with E-state index in [-0.39, 0.29) is 42.0 Å². The van der Waals surface area contributed by atoms with Crippen molar-refractivity contribution in [3.05, 3.63) is 34.4 Å². The summed E-state index contributed by atoms with van der Waals surface area (Å²) in [5, 5.41) is 11.2. The minimum absolute atomic E-state index is 0.0192. The number of nitrogens with zero attached hydrogens (tertiary/aromatic N) is 4. The van der Waals surface area contributed by atoms with Crippen LogP contribution in [0.25, 0.3) is 0 Å². The molecule has 3 saturated heterocycles. The van der Waals surface area contributed by atoms with E-state index in [1.54, 1.807) is 0 Å². The number of carbonyl (C=O) groups excluding carboxylic acids is 2. The van der Waals surface area contributed by atoms with E-state index in [1.807, 2.05) is 6.07 Å². The Balaban J connectivity index is 1.40. The van der Waals surface area contributed by atoms with Crippen molar-refractivity contribution in [2.75, 3.05) is 32.7 Å². The first kappa shape index (κ1) is 26.7. The van der Waals surface area contributed by atoms with Crippen LogP contribution in [0.1, 0.15) is 44.2 Å². The van der Waals surface area contributed by atoms with Gasteiger partial charge in [0.2, 0.25) is 11.8 Å². The summed E-state index contributed by atoms with van der Waals surface area (Å²) < 4.78 is 56.5. The lowest BCUT2D eigenvalue weighted by Crippen LogP contribution is -2.57. The van der Waals surface area contributed by atoms with Gasteiger partial charge in [0.15, 0.2) is 0 Å². The highest BCUT2D eigenvalue weighted by Crippen LogP contribution is 2.30. The van der Waals surface area contributed by atoms with Gasteiger partial charge in [-0.15, -0.1) is 0 Å². The number of likely N-dealkylation sites (tertiary alicyclic amines) is 1. The molecular weight excluding hydrogens is 516 g/mol. The van der Waals surface area contributed by atoms with Gasteiger partial charge in [0.05, 0.1) is 29.0 Å². The van der Waals surface area contributed by atoms with Crippen LogP contribution in [-0.2, 0) is 19.8 Å². The van der Waals surface area contributed by atoms with E-state index in [9.17, 15) is 26.8 Å². The van der Waals surface area contributed by atoms with Gasteiger partial charge in [-0.3, -0.25) is 9.59 Å². The largest absolute Gasteiger partial charge is 0.348 e. The summed E-state index contributed by atoms with van der Waals surface area (Å²) in [6.45, 7) is 2.49. The van der Waals surface area contributed by atoms with Crippen LogP contribution < -0.4 is 5.32 Å². The molecule has 4 rings (SSSR count). The quantitative estimate of drug-likeness (QED) is 0.553. The standard InChI is InChI=1S/C23H28ClF2N5O4S/c1-14(17-8-20(26)18(24)9-19(17)25)28-22(32)21-5-3-7-31(21)23(33)16-4-2-6-29(13-16)36(34,35)30-11-15(10-27)12-30/h8-9,14-16,21H,2-7,11-13H2,1H3,(H,28,32)/t14-,16+,21-/m1/s1. The Labute approximate surface area is 214 Å². The molecule has 3 aliphatic heterocycles. The molecule has 1 aromatic carbocycles. The highest BCUT2D eigenvalue weighted by atomic mass is 35.5. The third kappa shape index (κ3) is 5.20. The number of piperidine rings is 1. The summed E-state index contributed by atoms with van der Waals surface area (Å²) in [5.74, 6) is -3.22. The summed E-state index contributed by atoms with van der Waals surface area (Å²) in [4.78, 5) is 27.9. The Kier molecular flexibility index (Phi) is 7.85. The predicted octanol–water partition coefficient (Wildman–Crippen LogP) is 2.20. The zero-order valence-electron chi connectivity index (χ0n) is 19.8. The maximum atomic E-state index is 14.3. The molecule has 1 aromatic rings. The molecule has 2 amide bonds.